The molecule has 4 heteroatoms. The van der Waals surface area contributed by atoms with Crippen molar-refractivity contribution in [3.63, 3.8) is 0 Å². The van der Waals surface area contributed by atoms with Gasteiger partial charge in [0.15, 0.2) is 5.75 Å². The van der Waals surface area contributed by atoms with Crippen LogP contribution in [0, 0.1) is 12.8 Å². The van der Waals surface area contributed by atoms with Crippen LogP contribution in [0.5, 0.6) is 5.75 Å². The first-order valence-corrected chi connectivity index (χ1v) is 6.12. The first-order valence-electron chi connectivity index (χ1n) is 5.74. The summed E-state index contributed by atoms with van der Waals surface area (Å²) < 4.78 is 5.58. The van der Waals surface area contributed by atoms with Crippen molar-refractivity contribution in [2.75, 3.05) is 6.61 Å². The maximum absolute atomic E-state index is 11.1. The van der Waals surface area contributed by atoms with Gasteiger partial charge in [-0.15, -0.1) is 0 Å². The normalized spacial score (nSPS) is 15.4. The number of carbonyl (C=O) groups is 1. The van der Waals surface area contributed by atoms with Gasteiger partial charge in [0.1, 0.15) is 5.56 Å². The van der Waals surface area contributed by atoms with Crippen LogP contribution in [0.25, 0.3) is 0 Å². The van der Waals surface area contributed by atoms with Crippen LogP contribution in [0.3, 0.4) is 0 Å². The van der Waals surface area contributed by atoms with Gasteiger partial charge in [-0.2, -0.15) is 0 Å². The molecule has 3 nitrogen and oxygen atoms in total. The third-order valence-corrected chi connectivity index (χ3v) is 3.39. The first kappa shape index (κ1) is 12.2. The minimum absolute atomic E-state index is 0.148. The average molecular weight is 255 g/mol. The van der Waals surface area contributed by atoms with Crippen LogP contribution >= 0.6 is 11.6 Å². The number of hydrogen-bond donors (Lipinski definition) is 1. The molecule has 0 unspecified atom stereocenters. The van der Waals surface area contributed by atoms with E-state index in [1.54, 1.807) is 12.1 Å². The first-order chi connectivity index (χ1) is 8.08. The fourth-order valence-corrected chi connectivity index (χ4v) is 2.22. The number of aryl methyl sites for hydroxylation is 1. The molecule has 1 fully saturated rings. The Morgan fingerprint density at radius 3 is 2.76 bits per heavy atom. The minimum Gasteiger partial charge on any atom is -0.491 e. The molecular weight excluding hydrogens is 240 g/mol. The molecule has 0 aromatic heterocycles. The molecule has 0 heterocycles. The van der Waals surface area contributed by atoms with E-state index in [0.29, 0.717) is 23.3 Å². The number of aromatic carboxylic acids is 1. The van der Waals surface area contributed by atoms with Crippen LogP contribution in [0.4, 0.5) is 0 Å². The van der Waals surface area contributed by atoms with E-state index < -0.39 is 5.97 Å². The molecular formula is C13H15ClO3. The summed E-state index contributed by atoms with van der Waals surface area (Å²) in [6, 6.07) is 3.31. The zero-order valence-electron chi connectivity index (χ0n) is 9.70. The fourth-order valence-electron chi connectivity index (χ4n) is 1.90. The van der Waals surface area contributed by atoms with Crippen molar-refractivity contribution in [2.24, 2.45) is 5.92 Å². The highest BCUT2D eigenvalue weighted by Gasteiger charge is 2.21. The van der Waals surface area contributed by atoms with Crippen molar-refractivity contribution in [1.82, 2.24) is 0 Å². The van der Waals surface area contributed by atoms with Crippen LogP contribution in [0.1, 0.15) is 35.2 Å². The summed E-state index contributed by atoms with van der Waals surface area (Å²) in [6.45, 7) is 2.37. The molecule has 0 atom stereocenters. The molecule has 0 saturated heterocycles. The van der Waals surface area contributed by atoms with Crippen LogP contribution in [0.15, 0.2) is 12.1 Å². The summed E-state index contributed by atoms with van der Waals surface area (Å²) in [6.07, 6.45) is 3.55. The summed E-state index contributed by atoms with van der Waals surface area (Å²) in [5.74, 6) is -0.148. The molecule has 0 bridgehead atoms. The molecule has 17 heavy (non-hydrogen) atoms. The smallest absolute Gasteiger partial charge is 0.339 e. The molecule has 0 spiro atoms. The van der Waals surface area contributed by atoms with Crippen LogP contribution < -0.4 is 4.74 Å². The SMILES string of the molecule is Cc1cc(Cl)c(OCC2CCC2)c(C(=O)O)c1. The van der Waals surface area contributed by atoms with Crippen molar-refractivity contribution in [3.05, 3.63) is 28.3 Å². The summed E-state index contributed by atoms with van der Waals surface area (Å²) in [4.78, 5) is 11.1. The largest absolute Gasteiger partial charge is 0.491 e. The van der Waals surface area contributed by atoms with E-state index in [-0.39, 0.29) is 5.56 Å². The van der Waals surface area contributed by atoms with Gasteiger partial charge in [-0.1, -0.05) is 18.0 Å². The zero-order chi connectivity index (χ0) is 12.4. The lowest BCUT2D eigenvalue weighted by atomic mass is 9.86. The van der Waals surface area contributed by atoms with Gasteiger partial charge in [-0.25, -0.2) is 4.79 Å². The fraction of sp³-hybridized carbons (Fsp3) is 0.462. The van der Waals surface area contributed by atoms with Crippen molar-refractivity contribution < 1.29 is 14.6 Å². The summed E-state index contributed by atoms with van der Waals surface area (Å²) in [5, 5.41) is 9.49. The third kappa shape index (κ3) is 2.72. The van der Waals surface area contributed by atoms with Crippen molar-refractivity contribution in [2.45, 2.75) is 26.2 Å². The Hall–Kier alpha value is -1.22. The van der Waals surface area contributed by atoms with Crippen LogP contribution in [-0.4, -0.2) is 17.7 Å². The van der Waals surface area contributed by atoms with Crippen LogP contribution in [0.2, 0.25) is 5.02 Å². The molecule has 92 valence electrons. The lowest BCUT2D eigenvalue weighted by Crippen LogP contribution is -2.20. The van der Waals surface area contributed by atoms with Crippen molar-refractivity contribution in [3.8, 4) is 5.75 Å². The maximum Gasteiger partial charge on any atom is 0.339 e. The Balaban J connectivity index is 2.20. The number of hydrogen-bond acceptors (Lipinski definition) is 2. The number of carboxylic acid groups (broad SMARTS) is 1. The minimum atomic E-state index is -1.00. The summed E-state index contributed by atoms with van der Waals surface area (Å²) >= 11 is 6.04. The number of halogens is 1. The molecule has 1 aliphatic carbocycles. The van der Waals surface area contributed by atoms with E-state index in [0.717, 1.165) is 18.4 Å². The Morgan fingerprint density at radius 1 is 1.53 bits per heavy atom. The monoisotopic (exact) mass is 254 g/mol. The lowest BCUT2D eigenvalue weighted by Gasteiger charge is -2.25. The zero-order valence-corrected chi connectivity index (χ0v) is 10.5. The predicted molar refractivity (Wildman–Crippen MR) is 66.0 cm³/mol. The van der Waals surface area contributed by atoms with Gasteiger partial charge in [-0.3, -0.25) is 0 Å². The molecule has 0 aliphatic heterocycles. The van der Waals surface area contributed by atoms with Gasteiger partial charge in [0.05, 0.1) is 11.6 Å². The van der Waals surface area contributed by atoms with Gasteiger partial charge < -0.3 is 9.84 Å². The van der Waals surface area contributed by atoms with Gasteiger partial charge in [0.2, 0.25) is 0 Å². The Morgan fingerprint density at radius 2 is 2.24 bits per heavy atom. The third-order valence-electron chi connectivity index (χ3n) is 3.11. The van der Waals surface area contributed by atoms with Crippen molar-refractivity contribution in [1.29, 1.82) is 0 Å². The van der Waals surface area contributed by atoms with E-state index in [2.05, 4.69) is 0 Å². The van der Waals surface area contributed by atoms with Gasteiger partial charge >= 0.3 is 5.97 Å². The predicted octanol–water partition coefficient (Wildman–Crippen LogP) is 3.53. The molecule has 1 saturated carbocycles. The topological polar surface area (TPSA) is 46.5 Å². The maximum atomic E-state index is 11.1. The number of benzene rings is 1. The molecule has 1 aromatic rings. The number of carboxylic acids is 1. The molecule has 1 aromatic carbocycles. The van der Waals surface area contributed by atoms with E-state index >= 15 is 0 Å². The van der Waals surface area contributed by atoms with E-state index in [9.17, 15) is 4.79 Å². The molecule has 2 rings (SSSR count). The van der Waals surface area contributed by atoms with Gasteiger partial charge in [0, 0.05) is 0 Å². The quantitative estimate of drug-likeness (QED) is 0.894. The second-order valence-corrected chi connectivity index (χ2v) is 4.94. The Kier molecular flexibility index (Phi) is 3.57. The van der Waals surface area contributed by atoms with E-state index in [4.69, 9.17) is 21.4 Å². The van der Waals surface area contributed by atoms with Gasteiger partial charge in [-0.05, 0) is 43.4 Å². The number of ether oxygens (including phenoxy) is 1. The van der Waals surface area contributed by atoms with Crippen LogP contribution in [-0.2, 0) is 0 Å². The standard InChI is InChI=1S/C13H15ClO3/c1-8-5-10(13(15)16)12(11(14)6-8)17-7-9-3-2-4-9/h5-6,9H,2-4,7H2,1H3,(H,15,16). The van der Waals surface area contributed by atoms with Crippen molar-refractivity contribution >= 4 is 17.6 Å². The highest BCUT2D eigenvalue weighted by atomic mass is 35.5. The number of rotatable bonds is 4. The Bertz CT molecular complexity index is 439. The molecule has 1 N–H and O–H groups in total. The average Bonchev–Trinajstić information content (AvgIpc) is 2.17. The molecule has 1 aliphatic rings. The van der Waals surface area contributed by atoms with E-state index in [1.165, 1.54) is 6.42 Å². The Labute approximate surface area is 105 Å². The highest BCUT2D eigenvalue weighted by molar-refractivity contribution is 6.32. The lowest BCUT2D eigenvalue weighted by molar-refractivity contribution is 0.0689. The second-order valence-electron chi connectivity index (χ2n) is 4.54. The molecule has 0 amide bonds. The summed E-state index contributed by atoms with van der Waals surface area (Å²) in [7, 11) is 0. The highest BCUT2D eigenvalue weighted by Crippen LogP contribution is 2.33. The van der Waals surface area contributed by atoms with E-state index in [1.807, 2.05) is 6.92 Å². The van der Waals surface area contributed by atoms with Gasteiger partial charge in [0.25, 0.3) is 0 Å². The summed E-state index contributed by atoms with van der Waals surface area (Å²) in [5.41, 5.74) is 0.970. The second kappa shape index (κ2) is 4.96. The molecule has 0 radical (unpaired) electrons.